The Kier molecular flexibility index (Phi) is 5.85. The quantitative estimate of drug-likeness (QED) is 0.430. The molecule has 3 aromatic carbocycles. The normalized spacial score (nSPS) is 15.5. The number of amides is 1. The molecule has 1 atom stereocenters. The van der Waals surface area contributed by atoms with Crippen molar-refractivity contribution in [3.63, 3.8) is 0 Å². The molecule has 1 heterocycles. The van der Waals surface area contributed by atoms with Crippen LogP contribution in [0, 0.1) is 12.3 Å². The first-order valence-electron chi connectivity index (χ1n) is 9.51. The van der Waals surface area contributed by atoms with E-state index in [2.05, 4.69) is 27.2 Å². The molecular formula is C24H16BrF3N2O2. The van der Waals surface area contributed by atoms with Crippen LogP contribution >= 0.6 is 15.9 Å². The number of nitrogens with zero attached hydrogens (tertiary/aromatic N) is 1. The van der Waals surface area contributed by atoms with Crippen LogP contribution < -0.4 is 15.0 Å². The highest BCUT2D eigenvalue weighted by atomic mass is 79.9. The van der Waals surface area contributed by atoms with Gasteiger partial charge in [-0.25, -0.2) is 0 Å². The van der Waals surface area contributed by atoms with E-state index in [9.17, 15) is 18.0 Å². The van der Waals surface area contributed by atoms with E-state index < -0.39 is 23.8 Å². The third-order valence-electron chi connectivity index (χ3n) is 4.96. The summed E-state index contributed by atoms with van der Waals surface area (Å²) < 4.78 is 46.1. The summed E-state index contributed by atoms with van der Waals surface area (Å²) in [4.78, 5) is 14.7. The van der Waals surface area contributed by atoms with E-state index >= 15 is 0 Å². The fraction of sp³-hybridized carbons (Fsp3) is 0.125. The van der Waals surface area contributed by atoms with Crippen LogP contribution in [0.25, 0.3) is 0 Å². The summed E-state index contributed by atoms with van der Waals surface area (Å²) >= 11 is 3.43. The van der Waals surface area contributed by atoms with Gasteiger partial charge in [-0.3, -0.25) is 9.69 Å². The molecule has 1 unspecified atom stereocenters. The zero-order chi connectivity index (χ0) is 22.9. The van der Waals surface area contributed by atoms with E-state index in [1.807, 2.05) is 0 Å². The number of para-hydroxylation sites is 1. The van der Waals surface area contributed by atoms with Crippen LogP contribution in [0.4, 0.5) is 24.5 Å². The van der Waals surface area contributed by atoms with Gasteiger partial charge in [0.05, 0.1) is 15.6 Å². The number of rotatable bonds is 4. The highest BCUT2D eigenvalue weighted by Crippen LogP contribution is 2.40. The van der Waals surface area contributed by atoms with Crippen molar-refractivity contribution in [1.82, 2.24) is 0 Å². The molecule has 1 aliphatic rings. The van der Waals surface area contributed by atoms with Gasteiger partial charge >= 0.3 is 6.18 Å². The van der Waals surface area contributed by atoms with Gasteiger partial charge in [-0.05, 0) is 64.0 Å². The molecule has 0 spiro atoms. The van der Waals surface area contributed by atoms with Crippen LogP contribution in [0.3, 0.4) is 0 Å². The first-order chi connectivity index (χ1) is 15.3. The van der Waals surface area contributed by atoms with E-state index in [1.165, 1.54) is 17.0 Å². The number of carbonyl (C=O) groups excluding carboxylic acids is 1. The minimum absolute atomic E-state index is 0.0852. The molecule has 0 bridgehead atoms. The van der Waals surface area contributed by atoms with Gasteiger partial charge < -0.3 is 10.1 Å². The molecule has 32 heavy (non-hydrogen) atoms. The van der Waals surface area contributed by atoms with Gasteiger partial charge in [0.15, 0.2) is 0 Å². The first kappa shape index (κ1) is 21.8. The summed E-state index contributed by atoms with van der Waals surface area (Å²) in [5.41, 5.74) is 0.897. The number of hydrogen-bond donors (Lipinski definition) is 1. The van der Waals surface area contributed by atoms with Crippen LogP contribution in [-0.2, 0) is 6.18 Å². The number of nitrogens with one attached hydrogen (secondary N) is 1. The molecule has 0 saturated carbocycles. The Balaban J connectivity index is 1.82. The predicted octanol–water partition coefficient (Wildman–Crippen LogP) is 6.25. The number of carbonyl (C=O) groups is 1. The monoisotopic (exact) mass is 500 g/mol. The standard InChI is InChI=1S/C24H16BrF3N2O2/c1-2-12-32-21-11-10-15(13-19(21)25)22-29-20-9-4-3-8-18(20)23(31)30(22)17-7-5-6-16(14-17)24(26,27)28/h1,3-11,13-14,22,29H,12H2. The molecule has 0 radical (unpaired) electrons. The Labute approximate surface area is 191 Å². The summed E-state index contributed by atoms with van der Waals surface area (Å²) in [6.45, 7) is 0.0852. The largest absolute Gasteiger partial charge is 0.480 e. The molecule has 1 N–H and O–H groups in total. The van der Waals surface area contributed by atoms with Crippen molar-refractivity contribution in [2.75, 3.05) is 16.8 Å². The minimum atomic E-state index is -4.53. The smallest absolute Gasteiger partial charge is 0.416 e. The number of anilines is 2. The van der Waals surface area contributed by atoms with Crippen molar-refractivity contribution in [2.45, 2.75) is 12.3 Å². The number of terminal acetylenes is 1. The van der Waals surface area contributed by atoms with Gasteiger partial charge in [0.25, 0.3) is 5.91 Å². The topological polar surface area (TPSA) is 41.6 Å². The molecule has 162 valence electrons. The molecule has 3 aromatic rings. The SMILES string of the molecule is C#CCOc1ccc(C2Nc3ccccc3C(=O)N2c2cccc(C(F)(F)F)c2)cc1Br. The lowest BCUT2D eigenvalue weighted by Crippen LogP contribution is -2.43. The Hall–Kier alpha value is -3.44. The summed E-state index contributed by atoms with van der Waals surface area (Å²) in [5, 5.41) is 3.27. The molecular weight excluding hydrogens is 485 g/mol. The fourth-order valence-electron chi connectivity index (χ4n) is 3.51. The molecule has 4 nitrogen and oxygen atoms in total. The molecule has 0 fully saturated rings. The van der Waals surface area contributed by atoms with Crippen molar-refractivity contribution >= 4 is 33.2 Å². The minimum Gasteiger partial charge on any atom is -0.480 e. The van der Waals surface area contributed by atoms with Crippen molar-refractivity contribution < 1.29 is 22.7 Å². The van der Waals surface area contributed by atoms with E-state index in [0.29, 0.717) is 27.0 Å². The van der Waals surface area contributed by atoms with E-state index in [0.717, 1.165) is 12.1 Å². The third kappa shape index (κ3) is 4.16. The molecule has 1 aliphatic heterocycles. The number of hydrogen-bond acceptors (Lipinski definition) is 3. The average molecular weight is 501 g/mol. The maximum absolute atomic E-state index is 13.4. The van der Waals surface area contributed by atoms with Crippen LogP contribution in [0.15, 0.2) is 71.2 Å². The first-order valence-corrected chi connectivity index (χ1v) is 10.3. The van der Waals surface area contributed by atoms with Gasteiger partial charge in [0.1, 0.15) is 18.5 Å². The van der Waals surface area contributed by atoms with Gasteiger partial charge in [0.2, 0.25) is 0 Å². The fourth-order valence-corrected chi connectivity index (χ4v) is 4.02. The Bertz CT molecular complexity index is 1220. The second kappa shape index (κ2) is 8.60. The molecule has 0 saturated heterocycles. The Morgan fingerprint density at radius 2 is 1.88 bits per heavy atom. The van der Waals surface area contributed by atoms with Gasteiger partial charge in [0, 0.05) is 11.4 Å². The molecule has 1 amide bonds. The van der Waals surface area contributed by atoms with Crippen LogP contribution in [-0.4, -0.2) is 12.5 Å². The lowest BCUT2D eigenvalue weighted by molar-refractivity contribution is -0.137. The summed E-state index contributed by atoms with van der Waals surface area (Å²) in [7, 11) is 0. The Morgan fingerprint density at radius 1 is 1.09 bits per heavy atom. The number of alkyl halides is 3. The van der Waals surface area contributed by atoms with Crippen LogP contribution in [0.1, 0.15) is 27.7 Å². The molecule has 8 heteroatoms. The van der Waals surface area contributed by atoms with Crippen molar-refractivity contribution in [2.24, 2.45) is 0 Å². The lowest BCUT2D eigenvalue weighted by atomic mass is 10.0. The lowest BCUT2D eigenvalue weighted by Gasteiger charge is -2.38. The second-order valence-electron chi connectivity index (χ2n) is 7.00. The highest BCUT2D eigenvalue weighted by Gasteiger charge is 2.36. The second-order valence-corrected chi connectivity index (χ2v) is 7.85. The van der Waals surface area contributed by atoms with E-state index in [-0.39, 0.29) is 12.3 Å². The van der Waals surface area contributed by atoms with Crippen molar-refractivity contribution in [3.05, 3.63) is 87.9 Å². The number of halogens is 4. The van der Waals surface area contributed by atoms with Crippen molar-refractivity contribution in [3.8, 4) is 18.1 Å². The summed E-state index contributed by atoms with van der Waals surface area (Å²) in [6.07, 6.45) is -0.0495. The maximum atomic E-state index is 13.4. The molecule has 4 rings (SSSR count). The third-order valence-corrected chi connectivity index (χ3v) is 5.58. The maximum Gasteiger partial charge on any atom is 0.416 e. The van der Waals surface area contributed by atoms with Gasteiger partial charge in [-0.2, -0.15) is 13.2 Å². The number of ether oxygens (including phenoxy) is 1. The summed E-state index contributed by atoms with van der Waals surface area (Å²) in [6, 6.07) is 16.7. The zero-order valence-corrected chi connectivity index (χ0v) is 18.1. The number of fused-ring (bicyclic) bond motifs is 1. The molecule has 0 aliphatic carbocycles. The van der Waals surface area contributed by atoms with Crippen molar-refractivity contribution in [1.29, 1.82) is 0 Å². The van der Waals surface area contributed by atoms with E-state index in [1.54, 1.807) is 42.5 Å². The molecule has 0 aromatic heterocycles. The highest BCUT2D eigenvalue weighted by molar-refractivity contribution is 9.10. The average Bonchev–Trinajstić information content (AvgIpc) is 2.77. The zero-order valence-electron chi connectivity index (χ0n) is 16.5. The number of benzene rings is 3. The predicted molar refractivity (Wildman–Crippen MR) is 120 cm³/mol. The Morgan fingerprint density at radius 3 is 2.59 bits per heavy atom. The van der Waals surface area contributed by atoms with Crippen LogP contribution in [0.5, 0.6) is 5.75 Å². The summed E-state index contributed by atoms with van der Waals surface area (Å²) in [5.74, 6) is 2.49. The van der Waals surface area contributed by atoms with Gasteiger partial charge in [-0.1, -0.05) is 30.2 Å². The van der Waals surface area contributed by atoms with E-state index in [4.69, 9.17) is 11.2 Å². The van der Waals surface area contributed by atoms with Gasteiger partial charge in [-0.15, -0.1) is 6.42 Å². The van der Waals surface area contributed by atoms with Crippen LogP contribution in [0.2, 0.25) is 0 Å².